The Bertz CT molecular complexity index is 773. The molecule has 0 fully saturated rings. The number of aromatic hydroxyl groups is 2. The number of phenols is 2. The number of benzene rings is 2. The van der Waals surface area contributed by atoms with Crippen molar-refractivity contribution in [3.05, 3.63) is 71.3 Å². The third-order valence-electron chi connectivity index (χ3n) is 3.12. The minimum absolute atomic E-state index is 0.0760. The van der Waals surface area contributed by atoms with Crippen LogP contribution in [-0.4, -0.2) is 29.1 Å². The first kappa shape index (κ1) is 17.0. The zero-order chi connectivity index (χ0) is 17.4. The predicted octanol–water partition coefficient (Wildman–Crippen LogP) is 3.18. The van der Waals surface area contributed by atoms with Crippen molar-refractivity contribution in [3.63, 3.8) is 0 Å². The van der Waals surface area contributed by atoms with E-state index in [0.717, 1.165) is 5.56 Å². The Hall–Kier alpha value is -3.34. The normalized spacial score (nSPS) is 11.0. The molecule has 0 atom stereocenters. The molecule has 2 aromatic rings. The maximum Gasteiger partial charge on any atom is 0.331 e. The molecule has 0 heterocycles. The standard InChI is InChI=1S/C19H16O5/c20-13-16-12-15(5-9-18(16)22)2-1-11-24-19(23)10-6-14-3-7-17(21)8-4-14/h1-10,12-13,21-22H,11H2. The highest BCUT2D eigenvalue weighted by atomic mass is 16.5. The van der Waals surface area contributed by atoms with Crippen molar-refractivity contribution in [2.75, 3.05) is 6.61 Å². The van der Waals surface area contributed by atoms with Crippen LogP contribution in [0.1, 0.15) is 21.5 Å². The van der Waals surface area contributed by atoms with Crippen LogP contribution in [0.2, 0.25) is 0 Å². The SMILES string of the molecule is O=Cc1cc(C=CCOC(=O)C=Cc2ccc(O)cc2)ccc1O. The molecule has 0 radical (unpaired) electrons. The highest BCUT2D eigenvalue weighted by molar-refractivity contribution is 5.87. The van der Waals surface area contributed by atoms with Crippen LogP contribution in [0.15, 0.2) is 54.6 Å². The lowest BCUT2D eigenvalue weighted by molar-refractivity contribution is -0.136. The molecule has 0 saturated carbocycles. The van der Waals surface area contributed by atoms with E-state index in [1.54, 1.807) is 36.4 Å². The van der Waals surface area contributed by atoms with Gasteiger partial charge in [-0.15, -0.1) is 0 Å². The fourth-order valence-electron chi connectivity index (χ4n) is 1.88. The van der Waals surface area contributed by atoms with Gasteiger partial charge < -0.3 is 14.9 Å². The monoisotopic (exact) mass is 324 g/mol. The number of hydrogen-bond donors (Lipinski definition) is 2. The fraction of sp³-hybridized carbons (Fsp3) is 0.0526. The zero-order valence-electron chi connectivity index (χ0n) is 12.8. The van der Waals surface area contributed by atoms with Gasteiger partial charge in [-0.3, -0.25) is 4.79 Å². The van der Waals surface area contributed by atoms with E-state index in [1.165, 1.54) is 30.3 Å². The Morgan fingerprint density at radius 1 is 1.00 bits per heavy atom. The van der Waals surface area contributed by atoms with Gasteiger partial charge in [-0.1, -0.05) is 24.3 Å². The van der Waals surface area contributed by atoms with Crippen LogP contribution in [0, 0.1) is 0 Å². The highest BCUT2D eigenvalue weighted by Gasteiger charge is 1.99. The van der Waals surface area contributed by atoms with Crippen molar-refractivity contribution in [1.29, 1.82) is 0 Å². The smallest absolute Gasteiger partial charge is 0.331 e. The first-order valence-electron chi connectivity index (χ1n) is 7.17. The molecule has 0 unspecified atom stereocenters. The second kappa shape index (κ2) is 8.33. The van der Waals surface area contributed by atoms with E-state index in [4.69, 9.17) is 9.84 Å². The second-order valence-electron chi connectivity index (χ2n) is 4.89. The van der Waals surface area contributed by atoms with Gasteiger partial charge in [-0.05, 0) is 47.5 Å². The molecule has 0 amide bonds. The Kier molecular flexibility index (Phi) is 5.91. The van der Waals surface area contributed by atoms with Gasteiger partial charge in [0.2, 0.25) is 0 Å². The van der Waals surface area contributed by atoms with E-state index in [9.17, 15) is 14.7 Å². The van der Waals surface area contributed by atoms with E-state index < -0.39 is 5.97 Å². The molecule has 5 nitrogen and oxygen atoms in total. The number of rotatable bonds is 6. The quantitative estimate of drug-likeness (QED) is 0.484. The lowest BCUT2D eigenvalue weighted by Crippen LogP contribution is -1.99. The Morgan fingerprint density at radius 3 is 2.42 bits per heavy atom. The molecule has 0 bridgehead atoms. The molecular formula is C19H16O5. The molecule has 24 heavy (non-hydrogen) atoms. The van der Waals surface area contributed by atoms with Crippen LogP contribution in [-0.2, 0) is 9.53 Å². The van der Waals surface area contributed by atoms with Crippen LogP contribution < -0.4 is 0 Å². The third-order valence-corrected chi connectivity index (χ3v) is 3.12. The van der Waals surface area contributed by atoms with Crippen LogP contribution in [0.4, 0.5) is 0 Å². The zero-order valence-corrected chi connectivity index (χ0v) is 12.8. The summed E-state index contributed by atoms with van der Waals surface area (Å²) in [5.41, 5.74) is 1.68. The molecule has 0 aliphatic rings. The van der Waals surface area contributed by atoms with Crippen LogP contribution >= 0.6 is 0 Å². The number of carbonyl (C=O) groups is 2. The molecule has 122 valence electrons. The molecule has 0 aliphatic heterocycles. The molecule has 0 aliphatic carbocycles. The second-order valence-corrected chi connectivity index (χ2v) is 4.89. The van der Waals surface area contributed by atoms with Crippen molar-refractivity contribution in [2.24, 2.45) is 0 Å². The van der Waals surface area contributed by atoms with Gasteiger partial charge in [0.15, 0.2) is 6.29 Å². The lowest BCUT2D eigenvalue weighted by atomic mass is 10.1. The minimum atomic E-state index is -0.494. The van der Waals surface area contributed by atoms with E-state index in [1.807, 2.05) is 0 Å². The third kappa shape index (κ3) is 5.14. The first-order valence-corrected chi connectivity index (χ1v) is 7.17. The Labute approximate surface area is 139 Å². The van der Waals surface area contributed by atoms with Gasteiger partial charge in [0.25, 0.3) is 0 Å². The summed E-state index contributed by atoms with van der Waals surface area (Å²) in [5.74, 6) is -0.410. The fourth-order valence-corrected chi connectivity index (χ4v) is 1.88. The van der Waals surface area contributed by atoms with Crippen molar-refractivity contribution < 1.29 is 24.5 Å². The van der Waals surface area contributed by atoms with Crippen LogP contribution in [0.3, 0.4) is 0 Å². The average molecular weight is 324 g/mol. The number of carbonyl (C=O) groups excluding carboxylic acids is 2. The van der Waals surface area contributed by atoms with Gasteiger partial charge in [0, 0.05) is 6.08 Å². The molecular weight excluding hydrogens is 308 g/mol. The number of hydrogen-bond acceptors (Lipinski definition) is 5. The van der Waals surface area contributed by atoms with Crippen LogP contribution in [0.25, 0.3) is 12.2 Å². The van der Waals surface area contributed by atoms with Gasteiger partial charge >= 0.3 is 5.97 Å². The van der Waals surface area contributed by atoms with E-state index in [2.05, 4.69) is 0 Å². The summed E-state index contributed by atoms with van der Waals surface area (Å²) in [7, 11) is 0. The average Bonchev–Trinajstić information content (AvgIpc) is 2.59. The summed E-state index contributed by atoms with van der Waals surface area (Å²) < 4.78 is 5.01. The number of phenolic OH excluding ortho intramolecular Hbond substituents is 2. The van der Waals surface area contributed by atoms with E-state index >= 15 is 0 Å². The lowest BCUT2D eigenvalue weighted by Gasteiger charge is -2.00. The maximum absolute atomic E-state index is 11.6. The van der Waals surface area contributed by atoms with Crippen molar-refractivity contribution in [1.82, 2.24) is 0 Å². The first-order chi connectivity index (χ1) is 11.6. The number of aldehydes is 1. The summed E-state index contributed by atoms with van der Waals surface area (Å²) >= 11 is 0. The number of ether oxygens (including phenoxy) is 1. The van der Waals surface area contributed by atoms with E-state index in [-0.39, 0.29) is 23.7 Å². The molecule has 0 saturated heterocycles. The molecule has 2 aromatic carbocycles. The van der Waals surface area contributed by atoms with Gasteiger partial charge in [0.05, 0.1) is 5.56 Å². The summed E-state index contributed by atoms with van der Waals surface area (Å²) in [6.07, 6.45) is 6.77. The summed E-state index contributed by atoms with van der Waals surface area (Å²) in [6.45, 7) is 0.0794. The molecule has 2 N–H and O–H groups in total. The minimum Gasteiger partial charge on any atom is -0.508 e. The molecule has 5 heteroatoms. The van der Waals surface area contributed by atoms with Crippen molar-refractivity contribution in [3.8, 4) is 11.5 Å². The van der Waals surface area contributed by atoms with E-state index in [0.29, 0.717) is 11.8 Å². The molecule has 0 spiro atoms. The number of esters is 1. The van der Waals surface area contributed by atoms with Gasteiger partial charge in [0.1, 0.15) is 18.1 Å². The Morgan fingerprint density at radius 2 is 1.71 bits per heavy atom. The van der Waals surface area contributed by atoms with Crippen LogP contribution in [0.5, 0.6) is 11.5 Å². The summed E-state index contributed by atoms with van der Waals surface area (Å²) in [4.78, 5) is 22.3. The predicted molar refractivity (Wildman–Crippen MR) is 90.6 cm³/mol. The topological polar surface area (TPSA) is 83.8 Å². The largest absolute Gasteiger partial charge is 0.508 e. The Balaban J connectivity index is 1.83. The van der Waals surface area contributed by atoms with Crippen molar-refractivity contribution >= 4 is 24.4 Å². The van der Waals surface area contributed by atoms with Crippen molar-refractivity contribution in [2.45, 2.75) is 0 Å². The summed E-state index contributed by atoms with van der Waals surface area (Å²) in [6, 6.07) is 11.0. The summed E-state index contributed by atoms with van der Waals surface area (Å²) in [5, 5.41) is 18.6. The highest BCUT2D eigenvalue weighted by Crippen LogP contribution is 2.17. The molecule has 2 rings (SSSR count). The maximum atomic E-state index is 11.6. The van der Waals surface area contributed by atoms with Gasteiger partial charge in [-0.25, -0.2) is 4.79 Å². The molecule has 0 aromatic heterocycles. The van der Waals surface area contributed by atoms with Gasteiger partial charge in [-0.2, -0.15) is 0 Å².